The van der Waals surface area contributed by atoms with E-state index in [1.54, 1.807) is 25.4 Å². The molecule has 0 atom stereocenters. The molecule has 1 aliphatic heterocycles. The van der Waals surface area contributed by atoms with Crippen molar-refractivity contribution >= 4 is 41.5 Å². The molecule has 1 aliphatic rings. The van der Waals surface area contributed by atoms with E-state index in [0.29, 0.717) is 24.0 Å². The molecule has 2 aromatic rings. The van der Waals surface area contributed by atoms with Crippen LogP contribution in [0.15, 0.2) is 52.1 Å². The summed E-state index contributed by atoms with van der Waals surface area (Å²) in [6.07, 6.45) is 1.58. The summed E-state index contributed by atoms with van der Waals surface area (Å²) in [7, 11) is 1.71. The summed E-state index contributed by atoms with van der Waals surface area (Å²) in [5.74, 6) is 1.58. The van der Waals surface area contributed by atoms with Gasteiger partial charge in [0.05, 0.1) is 25.0 Å². The molecule has 0 bridgehead atoms. The zero-order chi connectivity index (χ0) is 19.1. The first-order valence-corrected chi connectivity index (χ1v) is 8.95. The zero-order valence-corrected chi connectivity index (χ0v) is 18.1. The second-order valence-corrected chi connectivity index (χ2v) is 6.22. The van der Waals surface area contributed by atoms with Crippen molar-refractivity contribution in [2.75, 3.05) is 44.7 Å². The van der Waals surface area contributed by atoms with Crippen molar-refractivity contribution in [3.63, 3.8) is 0 Å². The van der Waals surface area contributed by atoms with Crippen LogP contribution in [0.1, 0.15) is 5.76 Å². The van der Waals surface area contributed by atoms with E-state index in [0.717, 1.165) is 31.9 Å². The maximum absolute atomic E-state index is 12.0. The molecule has 2 heterocycles. The quantitative estimate of drug-likeness (QED) is 0.329. The van der Waals surface area contributed by atoms with Gasteiger partial charge in [-0.15, -0.1) is 24.0 Å². The molecule has 9 heteroatoms. The van der Waals surface area contributed by atoms with Gasteiger partial charge in [-0.3, -0.25) is 9.79 Å². The highest BCUT2D eigenvalue weighted by Gasteiger charge is 2.21. The van der Waals surface area contributed by atoms with E-state index >= 15 is 0 Å². The molecule has 0 saturated carbocycles. The maximum Gasteiger partial charge on any atom is 0.239 e. The number of hydrogen-bond acceptors (Lipinski definition) is 5. The van der Waals surface area contributed by atoms with Gasteiger partial charge in [-0.05, 0) is 24.3 Å². The molecule has 1 fully saturated rings. The molecule has 152 valence electrons. The lowest BCUT2D eigenvalue weighted by Gasteiger charge is -2.37. The number of para-hydroxylation sites is 2. The Morgan fingerprint density at radius 1 is 1.14 bits per heavy atom. The van der Waals surface area contributed by atoms with E-state index in [1.807, 2.05) is 24.3 Å². The number of aromatic hydroxyl groups is 1. The number of amides is 1. The number of carbonyl (C=O) groups excluding carboxylic acids is 1. The number of furan rings is 1. The molecule has 0 aliphatic carbocycles. The van der Waals surface area contributed by atoms with Gasteiger partial charge in [-0.25, -0.2) is 0 Å². The highest BCUT2D eigenvalue weighted by Crippen LogP contribution is 2.27. The van der Waals surface area contributed by atoms with Gasteiger partial charge in [0, 0.05) is 33.2 Å². The topological polar surface area (TPSA) is 93.3 Å². The Morgan fingerprint density at radius 3 is 2.54 bits per heavy atom. The van der Waals surface area contributed by atoms with Crippen molar-refractivity contribution in [1.82, 2.24) is 15.5 Å². The molecule has 0 unspecified atom stereocenters. The SMILES string of the molecule is CN=C(NCC(=O)NCc1ccco1)N1CCN(c2ccccc2O)CC1.I. The number of rotatable bonds is 5. The number of benzene rings is 1. The Labute approximate surface area is 181 Å². The number of carbonyl (C=O) groups is 1. The van der Waals surface area contributed by atoms with Crippen LogP contribution < -0.4 is 15.5 Å². The standard InChI is InChI=1S/C19H25N5O3.HI/c1-20-19(22-14-18(26)21-13-15-5-4-12-27-15)24-10-8-23(9-11-24)16-6-2-3-7-17(16)25;/h2-7,12,25H,8-11,13-14H2,1H3,(H,20,22)(H,21,26);1H. The smallest absolute Gasteiger partial charge is 0.239 e. The third-order valence-electron chi connectivity index (χ3n) is 4.46. The van der Waals surface area contributed by atoms with E-state index in [9.17, 15) is 9.90 Å². The molecule has 28 heavy (non-hydrogen) atoms. The molecular formula is C19H26IN5O3. The Balaban J connectivity index is 0.00000280. The summed E-state index contributed by atoms with van der Waals surface area (Å²) in [4.78, 5) is 20.5. The monoisotopic (exact) mass is 499 g/mol. The number of hydrogen-bond donors (Lipinski definition) is 3. The van der Waals surface area contributed by atoms with Crippen molar-refractivity contribution in [1.29, 1.82) is 0 Å². The lowest BCUT2D eigenvalue weighted by Crippen LogP contribution is -2.53. The Bertz CT molecular complexity index is 774. The van der Waals surface area contributed by atoms with Crippen LogP contribution in [0.3, 0.4) is 0 Å². The number of phenols is 1. The molecule has 1 aromatic heterocycles. The third kappa shape index (κ3) is 5.78. The van der Waals surface area contributed by atoms with Crippen LogP contribution in [0.4, 0.5) is 5.69 Å². The highest BCUT2D eigenvalue weighted by atomic mass is 127. The van der Waals surface area contributed by atoms with E-state index < -0.39 is 0 Å². The Hall–Kier alpha value is -2.43. The van der Waals surface area contributed by atoms with Crippen molar-refractivity contribution in [2.45, 2.75) is 6.54 Å². The first kappa shape index (κ1) is 21.9. The number of aliphatic imine (C=N–C) groups is 1. The Kier molecular flexibility index (Phi) is 8.42. The largest absolute Gasteiger partial charge is 0.506 e. The van der Waals surface area contributed by atoms with Gasteiger partial charge in [0.1, 0.15) is 11.5 Å². The minimum atomic E-state index is -0.125. The average molecular weight is 499 g/mol. The van der Waals surface area contributed by atoms with Crippen molar-refractivity contribution in [3.8, 4) is 5.75 Å². The van der Waals surface area contributed by atoms with Crippen LogP contribution in [0.25, 0.3) is 0 Å². The molecule has 1 amide bonds. The summed E-state index contributed by atoms with van der Waals surface area (Å²) in [5.41, 5.74) is 0.845. The first-order chi connectivity index (χ1) is 13.2. The fourth-order valence-electron chi connectivity index (χ4n) is 3.04. The van der Waals surface area contributed by atoms with Gasteiger partial charge in [0.25, 0.3) is 0 Å². The summed E-state index contributed by atoms with van der Waals surface area (Å²) >= 11 is 0. The first-order valence-electron chi connectivity index (χ1n) is 8.95. The van der Waals surface area contributed by atoms with Crippen LogP contribution >= 0.6 is 24.0 Å². The van der Waals surface area contributed by atoms with E-state index in [1.165, 1.54) is 0 Å². The molecule has 3 rings (SSSR count). The number of nitrogens with zero attached hydrogens (tertiary/aromatic N) is 3. The number of nitrogens with one attached hydrogen (secondary N) is 2. The zero-order valence-electron chi connectivity index (χ0n) is 15.8. The van der Waals surface area contributed by atoms with Gasteiger partial charge in [0.15, 0.2) is 5.96 Å². The number of anilines is 1. The fourth-order valence-corrected chi connectivity index (χ4v) is 3.04. The molecule has 0 radical (unpaired) electrons. The van der Waals surface area contributed by atoms with Crippen molar-refractivity contribution in [3.05, 3.63) is 48.4 Å². The van der Waals surface area contributed by atoms with E-state index in [4.69, 9.17) is 4.42 Å². The predicted octanol–water partition coefficient (Wildman–Crippen LogP) is 1.62. The van der Waals surface area contributed by atoms with Gasteiger partial charge >= 0.3 is 0 Å². The van der Waals surface area contributed by atoms with Crippen LogP contribution in [-0.4, -0.2) is 61.6 Å². The average Bonchev–Trinajstić information content (AvgIpc) is 3.21. The number of halogens is 1. The van der Waals surface area contributed by atoms with E-state index in [-0.39, 0.29) is 36.4 Å². The van der Waals surface area contributed by atoms with Gasteiger partial charge in [-0.2, -0.15) is 0 Å². The van der Waals surface area contributed by atoms with Crippen molar-refractivity contribution in [2.24, 2.45) is 4.99 Å². The van der Waals surface area contributed by atoms with Crippen LogP contribution in [0.2, 0.25) is 0 Å². The van der Waals surface area contributed by atoms with Gasteiger partial charge in [-0.1, -0.05) is 12.1 Å². The maximum atomic E-state index is 12.0. The van der Waals surface area contributed by atoms with E-state index in [2.05, 4.69) is 25.4 Å². The van der Waals surface area contributed by atoms with Gasteiger partial charge < -0.3 is 30.0 Å². The third-order valence-corrected chi connectivity index (χ3v) is 4.46. The molecule has 3 N–H and O–H groups in total. The predicted molar refractivity (Wildman–Crippen MR) is 119 cm³/mol. The second-order valence-electron chi connectivity index (χ2n) is 6.22. The lowest BCUT2D eigenvalue weighted by molar-refractivity contribution is -0.120. The van der Waals surface area contributed by atoms with Crippen LogP contribution in [-0.2, 0) is 11.3 Å². The lowest BCUT2D eigenvalue weighted by atomic mass is 10.2. The molecule has 1 aromatic carbocycles. The van der Waals surface area contributed by atoms with Crippen molar-refractivity contribution < 1.29 is 14.3 Å². The number of guanidine groups is 1. The normalized spacial score (nSPS) is 14.4. The summed E-state index contributed by atoms with van der Waals surface area (Å²) < 4.78 is 5.19. The Morgan fingerprint density at radius 2 is 1.89 bits per heavy atom. The molecule has 0 spiro atoms. The fraction of sp³-hybridized carbons (Fsp3) is 0.368. The number of phenolic OH excluding ortho intramolecular Hbond substituents is 1. The molecule has 1 saturated heterocycles. The highest BCUT2D eigenvalue weighted by molar-refractivity contribution is 14.0. The van der Waals surface area contributed by atoms with Crippen LogP contribution in [0.5, 0.6) is 5.75 Å². The molecular weight excluding hydrogens is 473 g/mol. The minimum absolute atomic E-state index is 0. The summed E-state index contributed by atoms with van der Waals surface area (Å²) in [6.45, 7) is 3.55. The minimum Gasteiger partial charge on any atom is -0.506 e. The number of piperazine rings is 1. The molecule has 8 nitrogen and oxygen atoms in total. The summed E-state index contributed by atoms with van der Waals surface area (Å²) in [6, 6.07) is 11.0. The summed E-state index contributed by atoms with van der Waals surface area (Å²) in [5, 5.41) is 15.9. The van der Waals surface area contributed by atoms with Crippen LogP contribution in [0, 0.1) is 0 Å². The second kappa shape index (κ2) is 10.8. The van der Waals surface area contributed by atoms with Gasteiger partial charge in [0.2, 0.25) is 5.91 Å².